The second kappa shape index (κ2) is 9.85. The van der Waals surface area contributed by atoms with Crippen LogP contribution in [-0.2, 0) is 26.7 Å². The molecule has 0 heterocycles. The highest BCUT2D eigenvalue weighted by Gasteiger charge is 2.37. The molecule has 0 aromatic carbocycles. The van der Waals surface area contributed by atoms with E-state index in [1.165, 1.54) is 68.9 Å². The Morgan fingerprint density at radius 1 is 1.08 bits per heavy atom. The summed E-state index contributed by atoms with van der Waals surface area (Å²) in [6, 6.07) is 0. The van der Waals surface area contributed by atoms with E-state index in [1.54, 1.807) is 0 Å². The van der Waals surface area contributed by atoms with Gasteiger partial charge < -0.3 is 4.55 Å². The van der Waals surface area contributed by atoms with Gasteiger partial charge in [0.25, 0.3) is 0 Å². The van der Waals surface area contributed by atoms with Crippen molar-refractivity contribution in [3.8, 4) is 0 Å². The van der Waals surface area contributed by atoms with E-state index >= 15 is 0 Å². The van der Waals surface area contributed by atoms with Crippen LogP contribution in [-0.4, -0.2) is 35.4 Å². The summed E-state index contributed by atoms with van der Waals surface area (Å²) in [6.07, 6.45) is 11.9. The lowest BCUT2D eigenvalue weighted by atomic mass is 9.91. The zero-order valence-electron chi connectivity index (χ0n) is 13.3. The van der Waals surface area contributed by atoms with Gasteiger partial charge in [0.1, 0.15) is 16.9 Å². The van der Waals surface area contributed by atoms with Crippen molar-refractivity contribution in [3.63, 3.8) is 0 Å². The SMILES string of the molecule is O=C=C1CCCCC1[SH+]CC1CCCCC1.O=S(=O)([O-])C(F)(F)F. The van der Waals surface area contributed by atoms with Gasteiger partial charge in [0.05, 0.1) is 5.57 Å². The maximum absolute atomic E-state index is 10.9. The Hall–Kier alpha value is -0.500. The van der Waals surface area contributed by atoms with Crippen molar-refractivity contribution in [3.05, 3.63) is 5.57 Å². The van der Waals surface area contributed by atoms with Gasteiger partial charge >= 0.3 is 5.51 Å². The first-order chi connectivity index (χ1) is 11.1. The van der Waals surface area contributed by atoms with Crippen LogP contribution >= 0.6 is 0 Å². The van der Waals surface area contributed by atoms with Gasteiger partial charge in [-0.3, -0.25) is 0 Å². The van der Waals surface area contributed by atoms with Gasteiger partial charge in [-0.05, 0) is 50.3 Å². The molecule has 2 aliphatic carbocycles. The summed E-state index contributed by atoms with van der Waals surface area (Å²) in [4.78, 5) is 10.9. The third kappa shape index (κ3) is 7.59. The minimum atomic E-state index is -6.09. The summed E-state index contributed by atoms with van der Waals surface area (Å²) in [7, 11) is -6.09. The molecule has 24 heavy (non-hydrogen) atoms. The smallest absolute Gasteiger partial charge is 0.485 e. The van der Waals surface area contributed by atoms with E-state index in [4.69, 9.17) is 13.0 Å². The number of rotatable bonds is 3. The number of thiol groups is 1. The number of alkyl halides is 3. The van der Waals surface area contributed by atoms with Gasteiger partial charge in [0.15, 0.2) is 10.1 Å². The van der Waals surface area contributed by atoms with Gasteiger partial charge in [-0.15, -0.1) is 0 Å². The van der Waals surface area contributed by atoms with Crippen LogP contribution in [0, 0.1) is 5.92 Å². The zero-order valence-corrected chi connectivity index (χ0v) is 15.1. The summed E-state index contributed by atoms with van der Waals surface area (Å²) >= 11 is 1.52. The molecule has 2 saturated carbocycles. The van der Waals surface area contributed by atoms with Crippen LogP contribution in [0.3, 0.4) is 0 Å². The lowest BCUT2D eigenvalue weighted by Crippen LogP contribution is -2.23. The van der Waals surface area contributed by atoms with Crippen LogP contribution in [0.15, 0.2) is 5.57 Å². The Morgan fingerprint density at radius 2 is 1.62 bits per heavy atom. The van der Waals surface area contributed by atoms with Gasteiger partial charge in [0.2, 0.25) is 0 Å². The van der Waals surface area contributed by atoms with Gasteiger partial charge in [0, 0.05) is 5.92 Å². The summed E-state index contributed by atoms with van der Waals surface area (Å²) in [6.45, 7) is 0. The average Bonchev–Trinajstić information content (AvgIpc) is 2.53. The molecule has 0 N–H and O–H groups in total. The predicted octanol–water partition coefficient (Wildman–Crippen LogP) is 3.13. The van der Waals surface area contributed by atoms with E-state index in [-0.39, 0.29) is 0 Å². The quantitative estimate of drug-likeness (QED) is 0.245. The third-order valence-electron chi connectivity index (χ3n) is 4.30. The van der Waals surface area contributed by atoms with Crippen molar-refractivity contribution in [2.45, 2.75) is 68.5 Å². The molecule has 9 heteroatoms. The maximum atomic E-state index is 10.9. The Labute approximate surface area is 145 Å². The van der Waals surface area contributed by atoms with Gasteiger partial charge in [-0.2, -0.15) is 13.2 Å². The highest BCUT2D eigenvalue weighted by atomic mass is 32.2. The molecule has 0 aliphatic heterocycles. The Morgan fingerprint density at radius 3 is 2.12 bits per heavy atom. The number of halogens is 3. The van der Waals surface area contributed by atoms with E-state index in [0.717, 1.165) is 17.9 Å². The molecule has 0 spiro atoms. The Bertz CT molecular complexity index is 533. The predicted molar refractivity (Wildman–Crippen MR) is 87.4 cm³/mol. The van der Waals surface area contributed by atoms with Crippen molar-refractivity contribution in [1.82, 2.24) is 0 Å². The molecule has 1 atom stereocenters. The molecule has 2 rings (SSSR count). The largest absolute Gasteiger partial charge is 0.741 e. The molecule has 140 valence electrons. The van der Waals surface area contributed by atoms with Crippen molar-refractivity contribution < 1.29 is 30.9 Å². The Kier molecular flexibility index (Phi) is 8.84. The minimum absolute atomic E-state index is 0.563. The van der Waals surface area contributed by atoms with Crippen molar-refractivity contribution in [2.75, 3.05) is 5.75 Å². The normalized spacial score (nSPS) is 23.2. The lowest BCUT2D eigenvalue weighted by Gasteiger charge is -2.21. The molecule has 0 aromatic heterocycles. The fourth-order valence-corrected chi connectivity index (χ4v) is 4.65. The summed E-state index contributed by atoms with van der Waals surface area (Å²) < 4.78 is 58.9. The number of carbonyl (C=O) groups excluding carboxylic acids is 1. The molecule has 2 aliphatic rings. The molecule has 0 radical (unpaired) electrons. The standard InChI is InChI=1S/C14H22OS.CHF3O3S/c15-10-13-8-4-5-9-14(13)16-11-12-6-2-1-3-7-12;2-1(3,4)8(5,6)7/h12,14H,1-9,11H2;(H,5,6,7). The molecular formula is C15H23F3O4S2. The first-order valence-electron chi connectivity index (χ1n) is 8.07. The van der Waals surface area contributed by atoms with E-state index in [0.29, 0.717) is 5.25 Å². The van der Waals surface area contributed by atoms with Crippen LogP contribution in [0.5, 0.6) is 0 Å². The van der Waals surface area contributed by atoms with E-state index in [2.05, 4.69) is 5.94 Å². The molecule has 4 nitrogen and oxygen atoms in total. The van der Waals surface area contributed by atoms with Crippen molar-refractivity contribution in [1.29, 1.82) is 0 Å². The molecule has 0 bridgehead atoms. The van der Waals surface area contributed by atoms with Crippen LogP contribution < -0.4 is 0 Å². The van der Waals surface area contributed by atoms with E-state index in [1.807, 2.05) is 0 Å². The number of hydrogen-bond acceptors (Lipinski definition) is 4. The number of hydrogen-bond donors (Lipinski definition) is 0. The van der Waals surface area contributed by atoms with E-state index < -0.39 is 15.6 Å². The molecular weight excluding hydrogens is 365 g/mol. The van der Waals surface area contributed by atoms with Crippen LogP contribution in [0.4, 0.5) is 13.2 Å². The average molecular weight is 388 g/mol. The highest BCUT2D eigenvalue weighted by Crippen LogP contribution is 2.28. The highest BCUT2D eigenvalue weighted by molar-refractivity contribution is 7.86. The molecule has 0 saturated heterocycles. The second-order valence-corrected chi connectivity index (χ2v) is 8.88. The third-order valence-corrected chi connectivity index (χ3v) is 6.60. The van der Waals surface area contributed by atoms with E-state index in [9.17, 15) is 18.0 Å². The summed E-state index contributed by atoms with van der Waals surface area (Å²) in [5.41, 5.74) is -4.56. The molecule has 0 amide bonds. The molecule has 2 fully saturated rings. The van der Waals surface area contributed by atoms with Crippen LogP contribution in [0.25, 0.3) is 0 Å². The van der Waals surface area contributed by atoms with Crippen LogP contribution in [0.2, 0.25) is 0 Å². The van der Waals surface area contributed by atoms with Gasteiger partial charge in [-0.1, -0.05) is 19.3 Å². The fourth-order valence-electron chi connectivity index (χ4n) is 2.96. The first kappa shape index (κ1) is 21.5. The Balaban J connectivity index is 0.000000307. The lowest BCUT2D eigenvalue weighted by molar-refractivity contribution is -0.0517. The second-order valence-electron chi connectivity index (χ2n) is 6.16. The topological polar surface area (TPSA) is 74.3 Å². The minimum Gasteiger partial charge on any atom is -0.741 e. The van der Waals surface area contributed by atoms with Crippen LogP contribution in [0.1, 0.15) is 57.8 Å². The fraction of sp³-hybridized carbons (Fsp3) is 0.867. The first-order valence-corrected chi connectivity index (χ1v) is 10.6. The summed E-state index contributed by atoms with van der Waals surface area (Å²) in [5, 5.41) is 0.563. The monoisotopic (exact) mass is 388 g/mol. The van der Waals surface area contributed by atoms with Gasteiger partial charge in [-0.25, -0.2) is 13.2 Å². The zero-order chi connectivity index (χ0) is 18.2. The molecule has 0 aromatic rings. The van der Waals surface area contributed by atoms with Crippen molar-refractivity contribution >= 4 is 27.8 Å². The summed E-state index contributed by atoms with van der Waals surface area (Å²) in [5.74, 6) is 4.48. The maximum Gasteiger partial charge on any atom is 0.485 e. The molecule has 1 unspecified atom stereocenters. The van der Waals surface area contributed by atoms with Crippen molar-refractivity contribution in [2.24, 2.45) is 5.92 Å².